The molecule has 2 N–H and O–H groups in total. The number of hydrogen-bond acceptors (Lipinski definition) is 4. The molecule has 0 unspecified atom stereocenters. The van der Waals surface area contributed by atoms with Gasteiger partial charge in [0, 0.05) is 19.3 Å². The van der Waals surface area contributed by atoms with E-state index in [1.807, 2.05) is 12.1 Å². The number of hydrogen-bond donors (Lipinski definition) is 2. The Hall–Kier alpha value is -1.33. The Labute approximate surface area is 112 Å². The average Bonchev–Trinajstić information content (AvgIpc) is 2.82. The summed E-state index contributed by atoms with van der Waals surface area (Å²) in [5, 5.41) is 3.38. The zero-order valence-corrected chi connectivity index (χ0v) is 11.2. The molecular weight excluding hydrogens is 250 g/mol. The van der Waals surface area contributed by atoms with Gasteiger partial charge in [-0.25, -0.2) is 4.98 Å². The van der Waals surface area contributed by atoms with E-state index in [0.717, 1.165) is 30.2 Å². The quantitative estimate of drug-likeness (QED) is 0.867. The van der Waals surface area contributed by atoms with Gasteiger partial charge in [0.05, 0.1) is 5.52 Å². The molecule has 2 aromatic heterocycles. The lowest BCUT2D eigenvalue weighted by molar-refractivity contribution is 0.440. The average molecular weight is 268 g/mol. The molecule has 0 atom stereocenters. The molecule has 0 aromatic carbocycles. The number of aromatic nitrogens is 3. The minimum atomic E-state index is 0. The van der Waals surface area contributed by atoms with Crippen LogP contribution in [0.25, 0.3) is 11.2 Å². The van der Waals surface area contributed by atoms with Crippen molar-refractivity contribution in [1.29, 1.82) is 0 Å². The summed E-state index contributed by atoms with van der Waals surface area (Å²) in [5.41, 5.74) is 1.80. The maximum atomic E-state index is 4.53. The number of anilines is 1. The molecule has 0 amide bonds. The molecule has 5 nitrogen and oxygen atoms in total. The molecule has 3 heterocycles. The maximum Gasteiger partial charge on any atom is 0.205 e. The smallest absolute Gasteiger partial charge is 0.205 e. The van der Waals surface area contributed by atoms with Gasteiger partial charge < -0.3 is 15.2 Å². The van der Waals surface area contributed by atoms with Crippen LogP contribution in [0.3, 0.4) is 0 Å². The highest BCUT2D eigenvalue weighted by Gasteiger charge is 2.20. The van der Waals surface area contributed by atoms with Gasteiger partial charge in [-0.1, -0.05) is 0 Å². The van der Waals surface area contributed by atoms with Crippen LogP contribution in [0, 0.1) is 0 Å². The van der Waals surface area contributed by atoms with Crippen molar-refractivity contribution in [3.8, 4) is 0 Å². The number of pyridine rings is 1. The third kappa shape index (κ3) is 2.42. The standard InChI is InChI=1S/C12H17N5.ClH/c1-17(9-4-7-13-8-5-9)12-15-10-3-2-6-14-11(10)16-12;/h2-3,6,9,13H,4-5,7-8H2,1H3,(H,14,15,16);1H. The number of halogens is 1. The first-order valence-electron chi connectivity index (χ1n) is 6.09. The van der Waals surface area contributed by atoms with E-state index >= 15 is 0 Å². The fourth-order valence-corrected chi connectivity index (χ4v) is 2.37. The van der Waals surface area contributed by atoms with Gasteiger partial charge in [0.15, 0.2) is 5.65 Å². The minimum absolute atomic E-state index is 0. The molecule has 2 aromatic rings. The van der Waals surface area contributed by atoms with E-state index in [9.17, 15) is 0 Å². The fraction of sp³-hybridized carbons (Fsp3) is 0.500. The molecule has 0 aliphatic carbocycles. The van der Waals surface area contributed by atoms with Crippen LogP contribution in [0.2, 0.25) is 0 Å². The minimum Gasteiger partial charge on any atom is -0.342 e. The fourth-order valence-electron chi connectivity index (χ4n) is 2.37. The monoisotopic (exact) mass is 267 g/mol. The summed E-state index contributed by atoms with van der Waals surface area (Å²) < 4.78 is 0. The second kappa shape index (κ2) is 5.54. The van der Waals surface area contributed by atoms with Crippen molar-refractivity contribution in [1.82, 2.24) is 20.3 Å². The van der Waals surface area contributed by atoms with Gasteiger partial charge in [0.1, 0.15) is 0 Å². The number of rotatable bonds is 2. The molecule has 0 saturated carbocycles. The van der Waals surface area contributed by atoms with Crippen molar-refractivity contribution < 1.29 is 0 Å². The first-order valence-corrected chi connectivity index (χ1v) is 6.09. The number of fused-ring (bicyclic) bond motifs is 1. The molecule has 1 aliphatic rings. The zero-order valence-electron chi connectivity index (χ0n) is 10.4. The number of H-pyrrole nitrogens is 1. The van der Waals surface area contributed by atoms with Crippen LogP contribution in [0.15, 0.2) is 18.3 Å². The van der Waals surface area contributed by atoms with Crippen molar-refractivity contribution in [2.24, 2.45) is 0 Å². The number of nitrogens with one attached hydrogen (secondary N) is 2. The summed E-state index contributed by atoms with van der Waals surface area (Å²) in [6, 6.07) is 4.50. The Kier molecular flexibility index (Phi) is 4.04. The van der Waals surface area contributed by atoms with Crippen LogP contribution >= 0.6 is 12.4 Å². The van der Waals surface area contributed by atoms with Crippen LogP contribution in [0.4, 0.5) is 5.95 Å². The van der Waals surface area contributed by atoms with Crippen molar-refractivity contribution in [3.05, 3.63) is 18.3 Å². The Bertz CT molecular complexity index is 473. The third-order valence-electron chi connectivity index (χ3n) is 3.44. The maximum absolute atomic E-state index is 4.53. The van der Waals surface area contributed by atoms with E-state index < -0.39 is 0 Å². The first kappa shape index (κ1) is 13.1. The molecule has 0 bridgehead atoms. The molecule has 3 rings (SSSR count). The van der Waals surface area contributed by atoms with E-state index in [4.69, 9.17) is 0 Å². The number of piperidine rings is 1. The molecule has 1 saturated heterocycles. The molecule has 6 heteroatoms. The van der Waals surface area contributed by atoms with Gasteiger partial charge in [-0.3, -0.25) is 0 Å². The van der Waals surface area contributed by atoms with Crippen molar-refractivity contribution in [2.45, 2.75) is 18.9 Å². The van der Waals surface area contributed by atoms with E-state index in [-0.39, 0.29) is 12.4 Å². The SMILES string of the molecule is CN(c1nc2ncccc2[nH]1)C1CCNCC1.Cl. The van der Waals surface area contributed by atoms with Gasteiger partial charge in [-0.15, -0.1) is 12.4 Å². The predicted molar refractivity (Wildman–Crippen MR) is 75.4 cm³/mol. The number of imidazole rings is 1. The van der Waals surface area contributed by atoms with Gasteiger partial charge in [-0.05, 0) is 38.1 Å². The molecular formula is C12H18ClN5. The largest absolute Gasteiger partial charge is 0.342 e. The van der Waals surface area contributed by atoms with Crippen molar-refractivity contribution in [3.63, 3.8) is 0 Å². The lowest BCUT2D eigenvalue weighted by Gasteiger charge is -2.31. The third-order valence-corrected chi connectivity index (χ3v) is 3.44. The van der Waals surface area contributed by atoms with Gasteiger partial charge in [0.25, 0.3) is 0 Å². The zero-order chi connectivity index (χ0) is 11.7. The highest BCUT2D eigenvalue weighted by molar-refractivity contribution is 5.85. The molecule has 18 heavy (non-hydrogen) atoms. The molecule has 1 aliphatic heterocycles. The van der Waals surface area contributed by atoms with Crippen LogP contribution in [0.5, 0.6) is 0 Å². The summed E-state index contributed by atoms with van der Waals surface area (Å²) in [6.45, 7) is 2.18. The lowest BCUT2D eigenvalue weighted by Crippen LogP contribution is -2.41. The Morgan fingerprint density at radius 3 is 2.83 bits per heavy atom. The number of nitrogens with zero attached hydrogens (tertiary/aromatic N) is 3. The van der Waals surface area contributed by atoms with Gasteiger partial charge in [-0.2, -0.15) is 4.98 Å². The Morgan fingerprint density at radius 2 is 2.11 bits per heavy atom. The summed E-state index contributed by atoms with van der Waals surface area (Å²) in [5.74, 6) is 0.922. The van der Waals surface area contributed by atoms with E-state index in [1.165, 1.54) is 12.8 Å². The lowest BCUT2D eigenvalue weighted by atomic mass is 10.1. The second-order valence-corrected chi connectivity index (χ2v) is 4.53. The van der Waals surface area contributed by atoms with Crippen molar-refractivity contribution >= 4 is 29.5 Å². The number of aromatic amines is 1. The van der Waals surface area contributed by atoms with Crippen LogP contribution in [-0.2, 0) is 0 Å². The van der Waals surface area contributed by atoms with Gasteiger partial charge in [0.2, 0.25) is 5.95 Å². The first-order chi connectivity index (χ1) is 8.34. The summed E-state index contributed by atoms with van der Waals surface area (Å²) in [4.78, 5) is 14.3. The molecule has 1 fully saturated rings. The van der Waals surface area contributed by atoms with E-state index in [2.05, 4.69) is 32.2 Å². The Morgan fingerprint density at radius 1 is 1.33 bits per heavy atom. The second-order valence-electron chi connectivity index (χ2n) is 4.53. The normalized spacial score (nSPS) is 16.5. The predicted octanol–water partition coefficient (Wildman–Crippen LogP) is 1.57. The van der Waals surface area contributed by atoms with E-state index in [1.54, 1.807) is 6.20 Å². The molecule has 0 radical (unpaired) electrons. The molecule has 98 valence electrons. The highest BCUT2D eigenvalue weighted by atomic mass is 35.5. The topological polar surface area (TPSA) is 56.8 Å². The van der Waals surface area contributed by atoms with Crippen LogP contribution in [-0.4, -0.2) is 41.1 Å². The Balaban J connectivity index is 0.00000120. The summed E-state index contributed by atoms with van der Waals surface area (Å²) >= 11 is 0. The van der Waals surface area contributed by atoms with Gasteiger partial charge >= 0.3 is 0 Å². The van der Waals surface area contributed by atoms with Crippen LogP contribution < -0.4 is 10.2 Å². The van der Waals surface area contributed by atoms with Crippen LogP contribution in [0.1, 0.15) is 12.8 Å². The van der Waals surface area contributed by atoms with E-state index in [0.29, 0.717) is 6.04 Å². The highest BCUT2D eigenvalue weighted by Crippen LogP contribution is 2.19. The summed E-state index contributed by atoms with van der Waals surface area (Å²) in [7, 11) is 2.10. The molecule has 0 spiro atoms. The summed E-state index contributed by atoms with van der Waals surface area (Å²) in [6.07, 6.45) is 4.11. The van der Waals surface area contributed by atoms with Crippen molar-refractivity contribution in [2.75, 3.05) is 25.0 Å².